The number of likely N-dealkylation sites (tertiary alicyclic amines) is 1. The van der Waals surface area contributed by atoms with E-state index in [-0.39, 0.29) is 11.5 Å². The van der Waals surface area contributed by atoms with E-state index in [1.807, 2.05) is 0 Å². The first-order valence-electron chi connectivity index (χ1n) is 6.22. The summed E-state index contributed by atoms with van der Waals surface area (Å²) in [6.07, 6.45) is 2.45. The van der Waals surface area contributed by atoms with E-state index in [1.54, 1.807) is 0 Å². The van der Waals surface area contributed by atoms with Gasteiger partial charge in [-0.2, -0.15) is 0 Å². The van der Waals surface area contributed by atoms with Crippen LogP contribution in [0.1, 0.15) is 23.2 Å². The number of hydrogen-bond acceptors (Lipinski definition) is 3. The monoisotopic (exact) mass is 251 g/mol. The number of nitrogens with zero attached hydrogens (tertiary/aromatic N) is 1. The Balaban J connectivity index is 1.83. The summed E-state index contributed by atoms with van der Waals surface area (Å²) in [6, 6.07) is 4.10. The molecule has 1 heterocycles. The Labute approximate surface area is 106 Å². The highest BCUT2D eigenvalue weighted by atomic mass is 19.1. The third-order valence-corrected chi connectivity index (χ3v) is 3.15. The number of rotatable bonds is 4. The number of anilines is 1. The van der Waals surface area contributed by atoms with Crippen molar-refractivity contribution >= 4 is 11.6 Å². The second-order valence-corrected chi connectivity index (χ2v) is 4.54. The van der Waals surface area contributed by atoms with E-state index in [2.05, 4.69) is 10.2 Å². The molecule has 0 spiro atoms. The summed E-state index contributed by atoms with van der Waals surface area (Å²) >= 11 is 0. The third kappa shape index (κ3) is 3.20. The number of carbonyl (C=O) groups excluding carboxylic acids is 1. The Hall–Kier alpha value is -1.62. The lowest BCUT2D eigenvalue weighted by Crippen LogP contribution is -2.33. The van der Waals surface area contributed by atoms with Gasteiger partial charge in [-0.25, -0.2) is 4.39 Å². The Morgan fingerprint density at radius 2 is 2.11 bits per heavy atom. The van der Waals surface area contributed by atoms with Crippen LogP contribution in [0.4, 0.5) is 10.1 Å². The molecule has 0 atom stereocenters. The van der Waals surface area contributed by atoms with Crippen molar-refractivity contribution in [2.75, 3.05) is 31.9 Å². The molecule has 0 unspecified atom stereocenters. The van der Waals surface area contributed by atoms with Gasteiger partial charge in [-0.15, -0.1) is 0 Å². The summed E-state index contributed by atoms with van der Waals surface area (Å²) in [7, 11) is 0. The molecule has 1 aromatic carbocycles. The van der Waals surface area contributed by atoms with Gasteiger partial charge < -0.3 is 16.0 Å². The van der Waals surface area contributed by atoms with Gasteiger partial charge in [0.1, 0.15) is 5.82 Å². The average molecular weight is 251 g/mol. The van der Waals surface area contributed by atoms with E-state index in [1.165, 1.54) is 25.0 Å². The molecule has 1 saturated heterocycles. The highest BCUT2D eigenvalue weighted by Gasteiger charge is 2.13. The molecule has 0 saturated carbocycles. The number of benzene rings is 1. The fourth-order valence-corrected chi connectivity index (χ4v) is 2.14. The summed E-state index contributed by atoms with van der Waals surface area (Å²) in [5.74, 6) is -0.958. The summed E-state index contributed by atoms with van der Waals surface area (Å²) in [5.41, 5.74) is 5.80. The van der Waals surface area contributed by atoms with Crippen molar-refractivity contribution in [2.24, 2.45) is 0 Å². The van der Waals surface area contributed by atoms with Crippen LogP contribution in [-0.4, -0.2) is 37.0 Å². The Bertz CT molecular complexity index is 430. The predicted molar refractivity (Wildman–Crippen MR) is 68.8 cm³/mol. The molecular weight excluding hydrogens is 233 g/mol. The molecule has 0 radical (unpaired) electrons. The zero-order chi connectivity index (χ0) is 13.0. The van der Waals surface area contributed by atoms with Crippen molar-refractivity contribution < 1.29 is 9.18 Å². The van der Waals surface area contributed by atoms with E-state index < -0.39 is 5.82 Å². The molecule has 1 amide bonds. The van der Waals surface area contributed by atoms with Crippen LogP contribution in [0.15, 0.2) is 18.2 Å². The van der Waals surface area contributed by atoms with E-state index in [0.717, 1.165) is 25.7 Å². The molecule has 18 heavy (non-hydrogen) atoms. The Morgan fingerprint density at radius 1 is 1.39 bits per heavy atom. The first-order valence-corrected chi connectivity index (χ1v) is 6.22. The maximum Gasteiger partial charge on any atom is 0.254 e. The van der Waals surface area contributed by atoms with Crippen molar-refractivity contribution in [3.63, 3.8) is 0 Å². The lowest BCUT2D eigenvalue weighted by molar-refractivity contribution is 0.0946. The van der Waals surface area contributed by atoms with Gasteiger partial charge >= 0.3 is 0 Å². The van der Waals surface area contributed by atoms with Crippen molar-refractivity contribution in [1.82, 2.24) is 10.2 Å². The minimum atomic E-state index is -0.575. The van der Waals surface area contributed by atoms with E-state index >= 15 is 0 Å². The molecule has 0 aliphatic carbocycles. The Kier molecular flexibility index (Phi) is 4.15. The topological polar surface area (TPSA) is 58.4 Å². The number of carbonyl (C=O) groups is 1. The van der Waals surface area contributed by atoms with Crippen LogP contribution in [0.2, 0.25) is 0 Å². The largest absolute Gasteiger partial charge is 0.399 e. The predicted octanol–water partition coefficient (Wildman–Crippen LogP) is 1.23. The van der Waals surface area contributed by atoms with Gasteiger partial charge in [-0.3, -0.25) is 4.79 Å². The number of halogens is 1. The molecule has 98 valence electrons. The van der Waals surface area contributed by atoms with Gasteiger partial charge in [0, 0.05) is 18.8 Å². The molecule has 0 aromatic heterocycles. The van der Waals surface area contributed by atoms with Crippen LogP contribution in [-0.2, 0) is 0 Å². The van der Waals surface area contributed by atoms with Gasteiger partial charge in [0.05, 0.1) is 5.56 Å². The number of nitrogens with two attached hydrogens (primary N) is 1. The van der Waals surface area contributed by atoms with Crippen molar-refractivity contribution in [1.29, 1.82) is 0 Å². The van der Waals surface area contributed by atoms with Crippen molar-refractivity contribution in [3.05, 3.63) is 29.6 Å². The Morgan fingerprint density at radius 3 is 2.78 bits per heavy atom. The maximum atomic E-state index is 13.5. The number of amides is 1. The third-order valence-electron chi connectivity index (χ3n) is 3.15. The molecule has 3 N–H and O–H groups in total. The van der Waals surface area contributed by atoms with Gasteiger partial charge in [0.25, 0.3) is 5.91 Å². The zero-order valence-corrected chi connectivity index (χ0v) is 10.3. The van der Waals surface area contributed by atoms with Crippen LogP contribution in [0.3, 0.4) is 0 Å². The molecule has 2 rings (SSSR count). The van der Waals surface area contributed by atoms with Gasteiger partial charge in [0.15, 0.2) is 0 Å². The minimum Gasteiger partial charge on any atom is -0.399 e. The smallest absolute Gasteiger partial charge is 0.254 e. The lowest BCUT2D eigenvalue weighted by Gasteiger charge is -2.14. The van der Waals surface area contributed by atoms with E-state index in [9.17, 15) is 9.18 Å². The SMILES string of the molecule is Nc1ccc(C(=O)NCCN2CCCC2)c(F)c1. The fraction of sp³-hybridized carbons (Fsp3) is 0.462. The molecule has 5 heteroatoms. The molecule has 4 nitrogen and oxygen atoms in total. The molecule has 1 fully saturated rings. The zero-order valence-electron chi connectivity index (χ0n) is 10.3. The van der Waals surface area contributed by atoms with Crippen LogP contribution in [0, 0.1) is 5.82 Å². The second kappa shape index (κ2) is 5.82. The summed E-state index contributed by atoms with van der Waals surface area (Å²) in [5, 5.41) is 2.72. The number of hydrogen-bond donors (Lipinski definition) is 2. The highest BCUT2D eigenvalue weighted by molar-refractivity contribution is 5.94. The minimum absolute atomic E-state index is 0.0469. The van der Waals surface area contributed by atoms with Crippen LogP contribution >= 0.6 is 0 Å². The number of nitrogen functional groups attached to an aromatic ring is 1. The fourth-order valence-electron chi connectivity index (χ4n) is 2.14. The van der Waals surface area contributed by atoms with Crippen LogP contribution in [0.25, 0.3) is 0 Å². The summed E-state index contributed by atoms with van der Waals surface area (Å²) in [6.45, 7) is 3.54. The lowest BCUT2D eigenvalue weighted by atomic mass is 10.2. The molecule has 1 aromatic rings. The maximum absolute atomic E-state index is 13.5. The van der Waals surface area contributed by atoms with Gasteiger partial charge in [0.2, 0.25) is 0 Å². The molecule has 1 aliphatic rings. The van der Waals surface area contributed by atoms with Gasteiger partial charge in [-0.05, 0) is 44.1 Å². The first-order chi connectivity index (χ1) is 8.66. The average Bonchev–Trinajstić information content (AvgIpc) is 2.81. The molecular formula is C13H18FN3O. The highest BCUT2D eigenvalue weighted by Crippen LogP contribution is 2.11. The molecule has 1 aliphatic heterocycles. The van der Waals surface area contributed by atoms with Crippen molar-refractivity contribution in [3.8, 4) is 0 Å². The molecule has 0 bridgehead atoms. The van der Waals surface area contributed by atoms with E-state index in [0.29, 0.717) is 12.2 Å². The second-order valence-electron chi connectivity index (χ2n) is 4.54. The van der Waals surface area contributed by atoms with Crippen LogP contribution in [0.5, 0.6) is 0 Å². The number of nitrogens with one attached hydrogen (secondary N) is 1. The van der Waals surface area contributed by atoms with Crippen LogP contribution < -0.4 is 11.1 Å². The quantitative estimate of drug-likeness (QED) is 0.791. The first kappa shape index (κ1) is 12.8. The van der Waals surface area contributed by atoms with Gasteiger partial charge in [-0.1, -0.05) is 0 Å². The van der Waals surface area contributed by atoms with E-state index in [4.69, 9.17) is 5.73 Å². The summed E-state index contributed by atoms with van der Waals surface area (Å²) < 4.78 is 13.5. The summed E-state index contributed by atoms with van der Waals surface area (Å²) in [4.78, 5) is 14.0. The normalized spacial score (nSPS) is 15.8. The van der Waals surface area contributed by atoms with Crippen molar-refractivity contribution in [2.45, 2.75) is 12.8 Å². The standard InChI is InChI=1S/C13H18FN3O/c14-12-9-10(15)3-4-11(12)13(18)16-5-8-17-6-1-2-7-17/h3-4,9H,1-2,5-8,15H2,(H,16,18).